The molecule has 0 bridgehead atoms. The van der Waals surface area contributed by atoms with E-state index in [1.54, 1.807) is 33.1 Å². The Morgan fingerprint density at radius 3 is 2.50 bits per heavy atom. The third-order valence-corrected chi connectivity index (χ3v) is 4.87. The maximum atomic E-state index is 12.5. The summed E-state index contributed by atoms with van der Waals surface area (Å²) < 4.78 is 32.7. The lowest BCUT2D eigenvalue weighted by atomic mass is 10.1. The summed E-state index contributed by atoms with van der Waals surface area (Å²) in [5.74, 6) is 1.01. The van der Waals surface area contributed by atoms with Crippen molar-refractivity contribution in [2.75, 3.05) is 11.8 Å². The van der Waals surface area contributed by atoms with Gasteiger partial charge in [0.2, 0.25) is 0 Å². The van der Waals surface area contributed by atoms with E-state index in [0.29, 0.717) is 22.7 Å². The molecule has 2 rings (SSSR count). The van der Waals surface area contributed by atoms with Gasteiger partial charge in [-0.25, -0.2) is 8.42 Å². The second kappa shape index (κ2) is 5.16. The van der Waals surface area contributed by atoms with Gasteiger partial charge in [0.1, 0.15) is 11.6 Å². The fourth-order valence-corrected chi connectivity index (χ4v) is 3.70. The van der Waals surface area contributed by atoms with E-state index >= 15 is 0 Å². The molecule has 0 spiro atoms. The van der Waals surface area contributed by atoms with E-state index in [4.69, 9.17) is 4.74 Å². The van der Waals surface area contributed by atoms with Crippen molar-refractivity contribution in [2.45, 2.75) is 25.7 Å². The van der Waals surface area contributed by atoms with Crippen LogP contribution >= 0.6 is 0 Å². The molecule has 0 amide bonds. The summed E-state index contributed by atoms with van der Waals surface area (Å²) >= 11 is 0. The lowest BCUT2D eigenvalue weighted by Gasteiger charge is -2.16. The molecule has 0 saturated heterocycles. The molecular weight excluding hydrogens is 278 g/mol. The van der Waals surface area contributed by atoms with Gasteiger partial charge in [0.05, 0.1) is 18.2 Å². The number of H-pyrrole nitrogens is 1. The Hall–Kier alpha value is -2.02. The smallest absolute Gasteiger partial charge is 0.263 e. The summed E-state index contributed by atoms with van der Waals surface area (Å²) in [6.07, 6.45) is 1.48. The number of rotatable bonds is 4. The van der Waals surface area contributed by atoms with Crippen LogP contribution in [0.15, 0.2) is 23.2 Å². The van der Waals surface area contributed by atoms with Crippen LogP contribution in [0.5, 0.6) is 5.75 Å². The number of benzene rings is 1. The molecule has 1 aromatic heterocycles. The number of anilines is 1. The summed E-state index contributed by atoms with van der Waals surface area (Å²) in [4.78, 5) is 0.269. The lowest BCUT2D eigenvalue weighted by molar-refractivity contribution is 0.410. The molecule has 0 aliphatic carbocycles. The first-order chi connectivity index (χ1) is 9.36. The molecule has 1 aromatic carbocycles. The summed E-state index contributed by atoms with van der Waals surface area (Å²) in [5.41, 5.74) is 2.12. The van der Waals surface area contributed by atoms with E-state index in [9.17, 15) is 8.42 Å². The van der Waals surface area contributed by atoms with Gasteiger partial charge in [0.25, 0.3) is 10.0 Å². The van der Waals surface area contributed by atoms with Crippen LogP contribution in [0.2, 0.25) is 0 Å². The molecule has 6 nitrogen and oxygen atoms in total. The summed E-state index contributed by atoms with van der Waals surface area (Å²) in [7, 11) is -2.10. The number of aromatic nitrogens is 2. The first kappa shape index (κ1) is 14.4. The van der Waals surface area contributed by atoms with E-state index < -0.39 is 10.0 Å². The van der Waals surface area contributed by atoms with Gasteiger partial charge in [0.15, 0.2) is 0 Å². The van der Waals surface area contributed by atoms with E-state index in [2.05, 4.69) is 14.9 Å². The monoisotopic (exact) mass is 295 g/mol. The molecule has 2 N–H and O–H groups in total. The predicted molar refractivity (Wildman–Crippen MR) is 76.6 cm³/mol. The zero-order chi connectivity index (χ0) is 14.9. The molecule has 0 unspecified atom stereocenters. The first-order valence-electron chi connectivity index (χ1n) is 6.04. The summed E-state index contributed by atoms with van der Waals surface area (Å²) in [6.45, 7) is 5.35. The average Bonchev–Trinajstić information content (AvgIpc) is 2.85. The molecule has 20 heavy (non-hydrogen) atoms. The third-order valence-electron chi connectivity index (χ3n) is 3.21. The van der Waals surface area contributed by atoms with Gasteiger partial charge in [-0.1, -0.05) is 0 Å². The number of aryl methyl sites for hydroxylation is 1. The fourth-order valence-electron chi connectivity index (χ4n) is 2.16. The topological polar surface area (TPSA) is 84.1 Å². The number of hydrogen-bond acceptors (Lipinski definition) is 4. The number of methoxy groups -OCH3 is 1. The van der Waals surface area contributed by atoms with Crippen LogP contribution in [-0.4, -0.2) is 25.7 Å². The molecule has 2 aromatic rings. The molecule has 0 aliphatic rings. The first-order valence-corrected chi connectivity index (χ1v) is 7.52. The van der Waals surface area contributed by atoms with Crippen molar-refractivity contribution < 1.29 is 13.2 Å². The Bertz CT molecular complexity index is 722. The second-order valence-electron chi connectivity index (χ2n) is 4.55. The molecule has 0 saturated carbocycles. The van der Waals surface area contributed by atoms with E-state index in [1.807, 2.05) is 6.92 Å². The van der Waals surface area contributed by atoms with Gasteiger partial charge >= 0.3 is 0 Å². The number of sulfonamides is 1. The maximum absolute atomic E-state index is 12.5. The van der Waals surface area contributed by atoms with Crippen LogP contribution < -0.4 is 9.46 Å². The second-order valence-corrected chi connectivity index (χ2v) is 6.17. The van der Waals surface area contributed by atoms with Crippen molar-refractivity contribution >= 4 is 15.8 Å². The van der Waals surface area contributed by atoms with Gasteiger partial charge in [-0.05, 0) is 43.5 Å². The molecule has 7 heteroatoms. The van der Waals surface area contributed by atoms with Gasteiger partial charge in [-0.2, -0.15) is 5.10 Å². The van der Waals surface area contributed by atoms with Crippen molar-refractivity contribution in [3.05, 3.63) is 35.0 Å². The molecule has 0 fully saturated rings. The van der Waals surface area contributed by atoms with Gasteiger partial charge in [-0.3, -0.25) is 9.82 Å². The highest BCUT2D eigenvalue weighted by molar-refractivity contribution is 7.92. The minimum Gasteiger partial charge on any atom is -0.496 e. The average molecular weight is 295 g/mol. The lowest BCUT2D eigenvalue weighted by Crippen LogP contribution is -2.17. The Morgan fingerprint density at radius 2 is 1.95 bits per heavy atom. The molecule has 1 heterocycles. The van der Waals surface area contributed by atoms with Crippen LogP contribution in [0.4, 0.5) is 5.82 Å². The van der Waals surface area contributed by atoms with Gasteiger partial charge in [-0.15, -0.1) is 0 Å². The standard InChI is InChI=1S/C13H17N3O3S/c1-8-7-11(19-4)9(2)10(3)13(8)20(17,18)16-12-5-6-14-15-12/h5-7H,1-4H3,(H2,14,15,16). The number of ether oxygens (including phenoxy) is 1. The van der Waals surface area contributed by atoms with E-state index in [0.717, 1.165) is 5.56 Å². The zero-order valence-electron chi connectivity index (χ0n) is 11.8. The van der Waals surface area contributed by atoms with Crippen LogP contribution in [0.3, 0.4) is 0 Å². The van der Waals surface area contributed by atoms with Crippen LogP contribution in [-0.2, 0) is 10.0 Å². The Morgan fingerprint density at radius 1 is 1.25 bits per heavy atom. The highest BCUT2D eigenvalue weighted by Gasteiger charge is 2.23. The van der Waals surface area contributed by atoms with Crippen molar-refractivity contribution in [1.29, 1.82) is 0 Å². The molecule has 108 valence electrons. The van der Waals surface area contributed by atoms with Crippen molar-refractivity contribution in [3.8, 4) is 5.75 Å². The predicted octanol–water partition coefficient (Wildman–Crippen LogP) is 2.14. The van der Waals surface area contributed by atoms with Crippen molar-refractivity contribution in [3.63, 3.8) is 0 Å². The van der Waals surface area contributed by atoms with Crippen molar-refractivity contribution in [2.24, 2.45) is 0 Å². The minimum absolute atomic E-state index is 0.269. The Balaban J connectivity index is 2.55. The highest BCUT2D eigenvalue weighted by atomic mass is 32.2. The quantitative estimate of drug-likeness (QED) is 0.905. The zero-order valence-corrected chi connectivity index (χ0v) is 12.6. The van der Waals surface area contributed by atoms with Crippen LogP contribution in [0.25, 0.3) is 0 Å². The van der Waals surface area contributed by atoms with Gasteiger partial charge in [0, 0.05) is 6.07 Å². The third kappa shape index (κ3) is 2.49. The molecular formula is C13H17N3O3S. The Labute approximate surface area is 118 Å². The van der Waals surface area contributed by atoms with Gasteiger partial charge < -0.3 is 4.74 Å². The normalized spacial score (nSPS) is 11.4. The number of aromatic amines is 1. The van der Waals surface area contributed by atoms with E-state index in [-0.39, 0.29) is 4.90 Å². The van der Waals surface area contributed by atoms with Crippen molar-refractivity contribution in [1.82, 2.24) is 10.2 Å². The van der Waals surface area contributed by atoms with Crippen LogP contribution in [0, 0.1) is 20.8 Å². The SMILES string of the molecule is COc1cc(C)c(S(=O)(=O)Nc2ccn[nH]2)c(C)c1C. The Kier molecular flexibility index (Phi) is 3.71. The molecule has 0 atom stereocenters. The number of nitrogens with one attached hydrogen (secondary N) is 2. The number of nitrogens with zero attached hydrogens (tertiary/aromatic N) is 1. The maximum Gasteiger partial charge on any atom is 0.263 e. The summed E-state index contributed by atoms with van der Waals surface area (Å²) in [5, 5.41) is 6.29. The van der Waals surface area contributed by atoms with Crippen LogP contribution in [0.1, 0.15) is 16.7 Å². The number of hydrogen-bond donors (Lipinski definition) is 2. The fraction of sp³-hybridized carbons (Fsp3) is 0.308. The molecule has 0 radical (unpaired) electrons. The molecule has 0 aliphatic heterocycles. The summed E-state index contributed by atoms with van der Waals surface area (Å²) in [6, 6.07) is 3.28. The minimum atomic E-state index is -3.67. The highest BCUT2D eigenvalue weighted by Crippen LogP contribution is 2.31. The largest absolute Gasteiger partial charge is 0.496 e. The van der Waals surface area contributed by atoms with E-state index in [1.165, 1.54) is 6.20 Å².